The SMILES string of the molecule is COC(C(=O)c1c(Cl)cnn1CCN(C)C)C(C)C. The van der Waals surface area contributed by atoms with Crippen LogP contribution >= 0.6 is 11.6 Å². The van der Waals surface area contributed by atoms with E-state index in [0.29, 0.717) is 17.3 Å². The van der Waals surface area contributed by atoms with E-state index in [1.165, 1.54) is 13.3 Å². The summed E-state index contributed by atoms with van der Waals surface area (Å²) in [6.07, 6.45) is 1.02. The van der Waals surface area contributed by atoms with Gasteiger partial charge >= 0.3 is 0 Å². The van der Waals surface area contributed by atoms with Crippen LogP contribution in [0.2, 0.25) is 5.02 Å². The van der Waals surface area contributed by atoms with Gasteiger partial charge in [0, 0.05) is 13.7 Å². The van der Waals surface area contributed by atoms with Gasteiger partial charge in [-0.2, -0.15) is 5.10 Å². The molecule has 108 valence electrons. The van der Waals surface area contributed by atoms with E-state index >= 15 is 0 Å². The molecule has 0 bridgehead atoms. The molecule has 0 saturated carbocycles. The third-order valence-corrected chi connectivity index (χ3v) is 3.18. The molecule has 0 amide bonds. The van der Waals surface area contributed by atoms with Gasteiger partial charge in [0.15, 0.2) is 0 Å². The first-order chi connectivity index (χ1) is 8.88. The molecule has 1 aromatic rings. The first kappa shape index (κ1) is 16.1. The largest absolute Gasteiger partial charge is 0.373 e. The van der Waals surface area contributed by atoms with Gasteiger partial charge in [0.1, 0.15) is 11.8 Å². The predicted octanol–water partition coefficient (Wildman–Crippen LogP) is 1.95. The van der Waals surface area contributed by atoms with Gasteiger partial charge in [-0.3, -0.25) is 9.48 Å². The number of ketones is 1. The van der Waals surface area contributed by atoms with E-state index in [9.17, 15) is 4.79 Å². The van der Waals surface area contributed by atoms with Crippen LogP contribution in [0.3, 0.4) is 0 Å². The highest BCUT2D eigenvalue weighted by Crippen LogP contribution is 2.20. The van der Waals surface area contributed by atoms with E-state index in [-0.39, 0.29) is 11.7 Å². The second kappa shape index (κ2) is 7.03. The quantitative estimate of drug-likeness (QED) is 0.719. The van der Waals surface area contributed by atoms with E-state index in [2.05, 4.69) is 5.10 Å². The molecule has 0 aliphatic rings. The van der Waals surface area contributed by atoms with Crippen LogP contribution in [0, 0.1) is 5.92 Å². The van der Waals surface area contributed by atoms with Gasteiger partial charge in [0.2, 0.25) is 5.78 Å². The van der Waals surface area contributed by atoms with Gasteiger partial charge in [0.25, 0.3) is 0 Å². The molecule has 1 aromatic heterocycles. The molecular weight excluding hydrogens is 266 g/mol. The Morgan fingerprint density at radius 2 is 2.16 bits per heavy atom. The fourth-order valence-corrected chi connectivity index (χ4v) is 2.12. The minimum Gasteiger partial charge on any atom is -0.373 e. The number of rotatable bonds is 7. The maximum absolute atomic E-state index is 12.5. The molecular formula is C13H22ClN3O2. The Bertz CT molecular complexity index is 430. The number of halogens is 1. The van der Waals surface area contributed by atoms with Crippen LogP contribution in [0.5, 0.6) is 0 Å². The summed E-state index contributed by atoms with van der Waals surface area (Å²) in [5, 5.41) is 4.55. The number of hydrogen-bond acceptors (Lipinski definition) is 4. The number of carbonyl (C=O) groups excluding carboxylic acids is 1. The molecule has 6 heteroatoms. The van der Waals surface area contributed by atoms with Crippen molar-refractivity contribution < 1.29 is 9.53 Å². The van der Waals surface area contributed by atoms with Gasteiger partial charge in [0.05, 0.1) is 17.8 Å². The second-order valence-corrected chi connectivity index (χ2v) is 5.54. The Morgan fingerprint density at radius 3 is 2.63 bits per heavy atom. The third-order valence-electron chi connectivity index (χ3n) is 2.91. The zero-order chi connectivity index (χ0) is 14.6. The Labute approximate surface area is 119 Å². The summed E-state index contributed by atoms with van der Waals surface area (Å²) in [6, 6.07) is 0. The summed E-state index contributed by atoms with van der Waals surface area (Å²) in [7, 11) is 5.48. The summed E-state index contributed by atoms with van der Waals surface area (Å²) in [5.74, 6) is -0.0236. The van der Waals surface area contributed by atoms with Crippen molar-refractivity contribution in [1.29, 1.82) is 0 Å². The fraction of sp³-hybridized carbons (Fsp3) is 0.692. The smallest absolute Gasteiger partial charge is 0.211 e. The Kier molecular flexibility index (Phi) is 5.97. The minimum atomic E-state index is -0.493. The molecule has 1 unspecified atom stereocenters. The number of methoxy groups -OCH3 is 1. The lowest BCUT2D eigenvalue weighted by molar-refractivity contribution is 0.0448. The number of carbonyl (C=O) groups is 1. The Balaban J connectivity index is 2.98. The van der Waals surface area contributed by atoms with Crippen molar-refractivity contribution >= 4 is 17.4 Å². The number of likely N-dealkylation sites (N-methyl/N-ethyl adjacent to an activating group) is 1. The van der Waals surface area contributed by atoms with Crippen LogP contribution in [-0.2, 0) is 11.3 Å². The molecule has 0 spiro atoms. The number of nitrogens with zero attached hydrogens (tertiary/aromatic N) is 3. The van der Waals surface area contributed by atoms with Crippen molar-refractivity contribution in [2.45, 2.75) is 26.5 Å². The molecule has 0 saturated heterocycles. The number of ether oxygens (including phenoxy) is 1. The topological polar surface area (TPSA) is 47.4 Å². The van der Waals surface area contributed by atoms with Crippen LogP contribution in [-0.4, -0.2) is 54.3 Å². The van der Waals surface area contributed by atoms with E-state index < -0.39 is 6.10 Å². The zero-order valence-corrected chi connectivity index (χ0v) is 12.9. The molecule has 1 rings (SSSR count). The maximum Gasteiger partial charge on any atom is 0.211 e. The highest BCUT2D eigenvalue weighted by molar-refractivity contribution is 6.33. The molecule has 0 radical (unpaired) electrons. The summed E-state index contributed by atoms with van der Waals surface area (Å²) in [6.45, 7) is 5.30. The molecule has 1 heterocycles. The van der Waals surface area contributed by atoms with Crippen molar-refractivity contribution in [2.75, 3.05) is 27.7 Å². The molecule has 0 fully saturated rings. The average Bonchev–Trinajstić information content (AvgIpc) is 2.68. The first-order valence-electron chi connectivity index (χ1n) is 6.31. The van der Waals surface area contributed by atoms with Crippen molar-refractivity contribution in [3.63, 3.8) is 0 Å². The number of aromatic nitrogens is 2. The molecule has 0 aliphatic carbocycles. The van der Waals surface area contributed by atoms with E-state index in [4.69, 9.17) is 16.3 Å². The van der Waals surface area contributed by atoms with Gasteiger partial charge < -0.3 is 9.64 Å². The van der Waals surface area contributed by atoms with Gasteiger partial charge in [-0.15, -0.1) is 0 Å². The zero-order valence-electron chi connectivity index (χ0n) is 12.2. The van der Waals surface area contributed by atoms with Crippen LogP contribution in [0.4, 0.5) is 0 Å². The van der Waals surface area contributed by atoms with Crippen molar-refractivity contribution in [2.24, 2.45) is 5.92 Å². The molecule has 1 atom stereocenters. The summed E-state index contributed by atoms with van der Waals surface area (Å²) >= 11 is 6.09. The second-order valence-electron chi connectivity index (χ2n) is 5.13. The van der Waals surface area contributed by atoms with Gasteiger partial charge in [-0.1, -0.05) is 25.4 Å². The molecule has 19 heavy (non-hydrogen) atoms. The van der Waals surface area contributed by atoms with E-state index in [1.807, 2.05) is 32.8 Å². The Hall–Kier alpha value is -0.910. The average molecular weight is 288 g/mol. The molecule has 0 aliphatic heterocycles. The number of hydrogen-bond donors (Lipinski definition) is 0. The third kappa shape index (κ3) is 4.03. The van der Waals surface area contributed by atoms with Crippen LogP contribution in [0.25, 0.3) is 0 Å². The Morgan fingerprint density at radius 1 is 1.53 bits per heavy atom. The monoisotopic (exact) mass is 287 g/mol. The normalized spacial score (nSPS) is 13.3. The molecule has 0 aromatic carbocycles. The van der Waals surface area contributed by atoms with Crippen LogP contribution in [0.15, 0.2) is 6.20 Å². The standard InChI is InChI=1S/C13H22ClN3O2/c1-9(2)13(19-5)12(18)11-10(14)8-15-17(11)7-6-16(3)4/h8-9,13H,6-7H2,1-5H3. The lowest BCUT2D eigenvalue weighted by Gasteiger charge is -2.19. The highest BCUT2D eigenvalue weighted by Gasteiger charge is 2.28. The van der Waals surface area contributed by atoms with Crippen molar-refractivity contribution in [3.8, 4) is 0 Å². The number of Topliss-reactive ketones (excluding diaryl/α,β-unsaturated/α-hetero) is 1. The van der Waals surface area contributed by atoms with Crippen LogP contribution < -0.4 is 0 Å². The van der Waals surface area contributed by atoms with E-state index in [0.717, 1.165) is 6.54 Å². The van der Waals surface area contributed by atoms with Crippen molar-refractivity contribution in [1.82, 2.24) is 14.7 Å². The lowest BCUT2D eigenvalue weighted by atomic mass is 10.0. The molecule has 0 N–H and O–H groups in total. The van der Waals surface area contributed by atoms with Gasteiger partial charge in [-0.25, -0.2) is 0 Å². The molecule has 5 nitrogen and oxygen atoms in total. The fourth-order valence-electron chi connectivity index (χ4n) is 1.89. The van der Waals surface area contributed by atoms with Crippen molar-refractivity contribution in [3.05, 3.63) is 16.9 Å². The van der Waals surface area contributed by atoms with Gasteiger partial charge in [-0.05, 0) is 20.0 Å². The van der Waals surface area contributed by atoms with Crippen LogP contribution in [0.1, 0.15) is 24.3 Å². The summed E-state index contributed by atoms with van der Waals surface area (Å²) < 4.78 is 6.93. The lowest BCUT2D eigenvalue weighted by Crippen LogP contribution is -2.31. The van der Waals surface area contributed by atoms with E-state index in [1.54, 1.807) is 4.68 Å². The summed E-state index contributed by atoms with van der Waals surface area (Å²) in [5.41, 5.74) is 0.434. The predicted molar refractivity (Wildman–Crippen MR) is 75.8 cm³/mol. The maximum atomic E-state index is 12.5. The first-order valence-corrected chi connectivity index (χ1v) is 6.69. The minimum absolute atomic E-state index is 0.0887. The summed E-state index contributed by atoms with van der Waals surface area (Å²) in [4.78, 5) is 14.5. The highest BCUT2D eigenvalue weighted by atomic mass is 35.5.